The number of benzene rings is 2. The second-order valence-corrected chi connectivity index (χ2v) is 7.09. The van der Waals surface area contributed by atoms with Crippen LogP contribution in [0.25, 0.3) is 16.3 Å². The van der Waals surface area contributed by atoms with Gasteiger partial charge in [-0.15, -0.1) is 6.42 Å². The van der Waals surface area contributed by atoms with E-state index in [4.69, 9.17) is 12.2 Å². The number of nitrogens with zero attached hydrogens (tertiary/aromatic N) is 1. The molecular formula is C21H19N3O2S. The van der Waals surface area contributed by atoms with Crippen molar-refractivity contribution >= 4 is 38.7 Å². The van der Waals surface area contributed by atoms with Crippen LogP contribution in [0.5, 0.6) is 5.75 Å². The number of nitrogens with one attached hydrogen (secondary N) is 1. The van der Waals surface area contributed by atoms with Gasteiger partial charge in [0.1, 0.15) is 11.3 Å². The first-order valence-electron chi connectivity index (χ1n) is 8.43. The second kappa shape index (κ2) is 8.39. The summed E-state index contributed by atoms with van der Waals surface area (Å²) in [5.74, 6) is 1.77. The Balaban J connectivity index is 1.59. The Kier molecular flexibility index (Phi) is 5.74. The molecule has 1 amide bonds. The molecule has 0 bridgehead atoms. The minimum atomic E-state index is -0.411. The van der Waals surface area contributed by atoms with E-state index in [1.165, 1.54) is 16.9 Å². The van der Waals surface area contributed by atoms with Gasteiger partial charge in [-0.05, 0) is 47.6 Å². The summed E-state index contributed by atoms with van der Waals surface area (Å²) in [6, 6.07) is 11.7. The molecule has 0 fully saturated rings. The summed E-state index contributed by atoms with van der Waals surface area (Å²) in [6.45, 7) is 0.421. The molecule has 4 N–H and O–H groups in total. The molecule has 27 heavy (non-hydrogen) atoms. The van der Waals surface area contributed by atoms with Crippen LogP contribution in [0.15, 0.2) is 42.5 Å². The molecule has 3 rings (SSSR count). The number of aryl methyl sites for hydroxylation is 1. The Bertz CT molecular complexity index is 1050. The normalized spacial score (nSPS) is 10.9. The summed E-state index contributed by atoms with van der Waals surface area (Å²) in [7, 11) is 0. The number of nitrogens with two attached hydrogens (primary N) is 1. The van der Waals surface area contributed by atoms with Crippen molar-refractivity contribution in [3.8, 4) is 18.1 Å². The number of nitrogen functional groups attached to an aromatic ring is 1. The average molecular weight is 377 g/mol. The van der Waals surface area contributed by atoms with Gasteiger partial charge in [-0.2, -0.15) is 0 Å². The molecule has 6 heteroatoms. The van der Waals surface area contributed by atoms with Gasteiger partial charge < -0.3 is 16.2 Å². The van der Waals surface area contributed by atoms with Crippen molar-refractivity contribution in [2.45, 2.75) is 19.4 Å². The van der Waals surface area contributed by atoms with Gasteiger partial charge in [0, 0.05) is 6.54 Å². The number of phenols is 1. The van der Waals surface area contributed by atoms with E-state index in [1.807, 2.05) is 30.2 Å². The maximum atomic E-state index is 11.1. The zero-order valence-electron chi connectivity index (χ0n) is 14.6. The average Bonchev–Trinajstić information content (AvgIpc) is 3.04. The molecule has 5 nitrogen and oxygen atoms in total. The number of fused-ring (bicyclic) bond motifs is 1. The highest BCUT2D eigenvalue weighted by Crippen LogP contribution is 2.32. The largest absolute Gasteiger partial charge is 0.506 e. The zero-order chi connectivity index (χ0) is 19.2. The first-order chi connectivity index (χ1) is 13.0. The van der Waals surface area contributed by atoms with E-state index in [-0.39, 0.29) is 5.75 Å². The molecule has 0 aliphatic rings. The highest BCUT2D eigenvalue weighted by atomic mass is 32.1. The van der Waals surface area contributed by atoms with Crippen LogP contribution in [0, 0.1) is 12.3 Å². The zero-order valence-corrected chi connectivity index (χ0v) is 15.4. The van der Waals surface area contributed by atoms with Crippen molar-refractivity contribution < 1.29 is 9.90 Å². The van der Waals surface area contributed by atoms with E-state index in [1.54, 1.807) is 6.07 Å². The molecule has 3 aromatic rings. The van der Waals surface area contributed by atoms with Crippen LogP contribution < -0.4 is 11.1 Å². The Morgan fingerprint density at radius 1 is 1.33 bits per heavy atom. The number of phenolic OH excluding ortho intramolecular Hbond substituents is 1. The number of hydrogen-bond donors (Lipinski definition) is 3. The maximum absolute atomic E-state index is 11.1. The number of amides is 1. The monoisotopic (exact) mass is 377 g/mol. The number of rotatable bonds is 6. The topological polar surface area (TPSA) is 88.2 Å². The molecule has 1 aromatic heterocycles. The quantitative estimate of drug-likeness (QED) is 0.574. The van der Waals surface area contributed by atoms with E-state index < -0.39 is 5.91 Å². The molecular weight excluding hydrogens is 358 g/mol. The number of anilines is 1. The van der Waals surface area contributed by atoms with E-state index >= 15 is 0 Å². The Labute approximate surface area is 161 Å². The SMILES string of the molecule is C#CC(=O)NCc1cccc(CC/C=C/c2cc(O)c3nc(N)sc3c2)c1. The number of aromatic nitrogens is 1. The van der Waals surface area contributed by atoms with Crippen molar-refractivity contribution in [1.82, 2.24) is 10.3 Å². The van der Waals surface area contributed by atoms with Gasteiger partial charge in [0.2, 0.25) is 0 Å². The molecule has 0 radical (unpaired) electrons. The van der Waals surface area contributed by atoms with Gasteiger partial charge in [0.05, 0.1) is 4.70 Å². The number of allylic oxidation sites excluding steroid dienone is 1. The molecule has 0 saturated heterocycles. The minimum Gasteiger partial charge on any atom is -0.506 e. The highest BCUT2D eigenvalue weighted by molar-refractivity contribution is 7.22. The predicted octanol–water partition coefficient (Wildman–Crippen LogP) is 3.48. The van der Waals surface area contributed by atoms with E-state index in [0.29, 0.717) is 17.2 Å². The first-order valence-corrected chi connectivity index (χ1v) is 9.24. The van der Waals surface area contributed by atoms with Crippen LogP contribution in [-0.2, 0) is 17.8 Å². The highest BCUT2D eigenvalue weighted by Gasteiger charge is 2.07. The number of carbonyl (C=O) groups is 1. The van der Waals surface area contributed by atoms with Gasteiger partial charge in [0.15, 0.2) is 5.13 Å². The Morgan fingerprint density at radius 2 is 2.15 bits per heavy atom. The maximum Gasteiger partial charge on any atom is 0.295 e. The number of aromatic hydroxyl groups is 1. The molecule has 0 saturated carbocycles. The first kappa shape index (κ1) is 18.5. The fourth-order valence-corrected chi connectivity index (χ4v) is 3.55. The van der Waals surface area contributed by atoms with Crippen molar-refractivity contribution in [2.24, 2.45) is 0 Å². The van der Waals surface area contributed by atoms with Crippen molar-refractivity contribution in [1.29, 1.82) is 0 Å². The van der Waals surface area contributed by atoms with Crippen LogP contribution in [-0.4, -0.2) is 16.0 Å². The Morgan fingerprint density at radius 3 is 2.96 bits per heavy atom. The van der Waals surface area contributed by atoms with Gasteiger partial charge in [0.25, 0.3) is 5.91 Å². The fraction of sp³-hybridized carbons (Fsp3) is 0.143. The fourth-order valence-electron chi connectivity index (χ4n) is 2.74. The van der Waals surface area contributed by atoms with E-state index in [9.17, 15) is 9.90 Å². The summed E-state index contributed by atoms with van der Waals surface area (Å²) >= 11 is 1.36. The third kappa shape index (κ3) is 4.87. The van der Waals surface area contributed by atoms with E-state index in [0.717, 1.165) is 28.7 Å². The summed E-state index contributed by atoms with van der Waals surface area (Å²) < 4.78 is 0.869. The number of hydrogen-bond acceptors (Lipinski definition) is 5. The smallest absolute Gasteiger partial charge is 0.295 e. The molecule has 0 atom stereocenters. The number of carbonyl (C=O) groups excluding carboxylic acids is 1. The molecule has 0 unspecified atom stereocenters. The summed E-state index contributed by atoms with van der Waals surface area (Å²) in [4.78, 5) is 15.3. The summed E-state index contributed by atoms with van der Waals surface area (Å²) in [5.41, 5.74) is 9.35. The van der Waals surface area contributed by atoms with Crippen LogP contribution in [0.1, 0.15) is 23.1 Å². The van der Waals surface area contributed by atoms with Crippen molar-refractivity contribution in [2.75, 3.05) is 5.73 Å². The van der Waals surface area contributed by atoms with Crippen LogP contribution in [0.2, 0.25) is 0 Å². The van der Waals surface area contributed by atoms with Crippen LogP contribution >= 0.6 is 11.3 Å². The molecule has 2 aromatic carbocycles. The van der Waals surface area contributed by atoms with Crippen LogP contribution in [0.4, 0.5) is 5.13 Å². The van der Waals surface area contributed by atoms with Gasteiger partial charge in [-0.25, -0.2) is 4.98 Å². The van der Waals surface area contributed by atoms with Crippen molar-refractivity contribution in [3.05, 3.63) is 59.2 Å². The van der Waals surface area contributed by atoms with Crippen molar-refractivity contribution in [3.63, 3.8) is 0 Å². The lowest BCUT2D eigenvalue weighted by atomic mass is 10.1. The predicted molar refractivity (Wildman–Crippen MR) is 110 cm³/mol. The third-order valence-corrected chi connectivity index (χ3v) is 4.83. The second-order valence-electron chi connectivity index (χ2n) is 6.03. The standard InChI is InChI=1S/C21H19N3O2S/c1-2-19(26)23-13-16-9-5-8-14(10-16)6-3-4-7-15-11-17(25)20-18(12-15)27-21(22)24-20/h1,4-5,7-12,25H,3,6,13H2,(H2,22,24)(H,23,26)/b7-4+. The lowest BCUT2D eigenvalue weighted by Crippen LogP contribution is -2.20. The number of thiazole rings is 1. The van der Waals surface area contributed by atoms with Gasteiger partial charge in [-0.1, -0.05) is 47.8 Å². The summed E-state index contributed by atoms with van der Waals surface area (Å²) in [5, 5.41) is 13.2. The lowest BCUT2D eigenvalue weighted by Gasteiger charge is -2.05. The molecule has 0 aliphatic heterocycles. The van der Waals surface area contributed by atoms with E-state index in [2.05, 4.69) is 28.5 Å². The lowest BCUT2D eigenvalue weighted by molar-refractivity contribution is -0.115. The summed E-state index contributed by atoms with van der Waals surface area (Å²) in [6.07, 6.45) is 10.8. The number of terminal acetylenes is 1. The molecule has 0 aliphatic carbocycles. The third-order valence-electron chi connectivity index (χ3n) is 4.00. The van der Waals surface area contributed by atoms with Gasteiger partial charge in [-0.3, -0.25) is 4.79 Å². The van der Waals surface area contributed by atoms with Crippen LogP contribution in [0.3, 0.4) is 0 Å². The molecule has 1 heterocycles. The minimum absolute atomic E-state index is 0.141. The molecule has 0 spiro atoms. The molecule has 136 valence electrons. The van der Waals surface area contributed by atoms with Gasteiger partial charge >= 0.3 is 0 Å². The Hall–Kier alpha value is -3.30.